The molecule has 1 atom stereocenters. The lowest BCUT2D eigenvalue weighted by Gasteiger charge is -2.10. The predicted molar refractivity (Wildman–Crippen MR) is 68.6 cm³/mol. The maximum absolute atomic E-state index is 11.4. The SMILES string of the molecule is COC(=O)C(N=[N+]=[N-])C(=O)OCCC[Si](Cl)(Cl)Cl. The number of hydrogen-bond donors (Lipinski definition) is 0. The smallest absolute Gasteiger partial charge is 0.341 e. The molecule has 0 aromatic rings. The molecule has 0 saturated heterocycles. The van der Waals surface area contributed by atoms with Crippen molar-refractivity contribution < 1.29 is 19.1 Å². The number of hydrogen-bond acceptors (Lipinski definition) is 5. The highest BCUT2D eigenvalue weighted by Crippen LogP contribution is 2.26. The molecule has 0 fully saturated rings. The minimum absolute atomic E-state index is 0.0335. The van der Waals surface area contributed by atoms with E-state index in [9.17, 15) is 9.59 Å². The maximum atomic E-state index is 11.4. The molecule has 0 N–H and O–H groups in total. The number of rotatable bonds is 7. The molecule has 7 nitrogen and oxygen atoms in total. The van der Waals surface area contributed by atoms with Crippen molar-refractivity contribution in [3.05, 3.63) is 10.4 Å². The van der Waals surface area contributed by atoms with Crippen molar-refractivity contribution in [2.75, 3.05) is 13.7 Å². The molecule has 0 amide bonds. The lowest BCUT2D eigenvalue weighted by molar-refractivity contribution is -0.155. The van der Waals surface area contributed by atoms with E-state index in [2.05, 4.69) is 14.8 Å². The highest BCUT2D eigenvalue weighted by atomic mass is 35.8. The highest BCUT2D eigenvalue weighted by Gasteiger charge is 2.29. The molecule has 0 bridgehead atoms. The number of nitrogens with zero attached hydrogens (tertiary/aromatic N) is 3. The minimum Gasteiger partial charge on any atom is -0.468 e. The van der Waals surface area contributed by atoms with Crippen molar-refractivity contribution in [3.8, 4) is 0 Å². The van der Waals surface area contributed by atoms with Crippen LogP contribution in [-0.2, 0) is 19.1 Å². The van der Waals surface area contributed by atoms with Gasteiger partial charge < -0.3 is 9.47 Å². The Bertz CT molecular complexity index is 356. The van der Waals surface area contributed by atoms with Crippen molar-refractivity contribution in [2.45, 2.75) is 18.5 Å². The van der Waals surface area contributed by atoms with Gasteiger partial charge in [-0.25, -0.2) is 0 Å². The normalized spacial score (nSPS) is 12.2. The number of halogens is 3. The average Bonchev–Trinajstić information content (AvgIpc) is 2.29. The number of ether oxygens (including phenoxy) is 2. The zero-order valence-electron chi connectivity index (χ0n) is 9.31. The number of carbonyl (C=O) groups is 2. The van der Waals surface area contributed by atoms with Gasteiger partial charge in [0.25, 0.3) is 0 Å². The number of esters is 2. The van der Waals surface area contributed by atoms with Crippen LogP contribution < -0.4 is 0 Å². The minimum atomic E-state index is -2.75. The highest BCUT2D eigenvalue weighted by molar-refractivity contribution is 7.64. The van der Waals surface area contributed by atoms with Gasteiger partial charge in [-0.15, -0.1) is 33.2 Å². The van der Waals surface area contributed by atoms with Gasteiger partial charge in [0.15, 0.2) is 0 Å². The van der Waals surface area contributed by atoms with Gasteiger partial charge in [-0.05, 0) is 18.0 Å². The Morgan fingerprint density at radius 1 is 1.39 bits per heavy atom. The molecule has 0 spiro atoms. The molecular formula is C7H10Cl3N3O4Si. The molecule has 0 heterocycles. The first-order chi connectivity index (χ1) is 8.31. The largest absolute Gasteiger partial charge is 0.468 e. The summed E-state index contributed by atoms with van der Waals surface area (Å²) in [6.07, 6.45) is 0.346. The maximum Gasteiger partial charge on any atom is 0.341 e. The van der Waals surface area contributed by atoms with Crippen LogP contribution in [0.3, 0.4) is 0 Å². The lowest BCUT2D eigenvalue weighted by atomic mass is 10.3. The van der Waals surface area contributed by atoms with E-state index in [1.807, 2.05) is 0 Å². The van der Waals surface area contributed by atoms with Gasteiger partial charge >= 0.3 is 17.9 Å². The number of azide groups is 1. The van der Waals surface area contributed by atoms with Gasteiger partial charge in [0, 0.05) is 4.91 Å². The van der Waals surface area contributed by atoms with Crippen molar-refractivity contribution in [3.63, 3.8) is 0 Å². The summed E-state index contributed by atoms with van der Waals surface area (Å²) in [5, 5.41) is 2.98. The fourth-order valence-electron chi connectivity index (χ4n) is 0.878. The van der Waals surface area contributed by atoms with Crippen LogP contribution >= 0.6 is 33.2 Å². The fourth-order valence-corrected chi connectivity index (χ4v) is 2.63. The van der Waals surface area contributed by atoms with Crippen LogP contribution in [0.15, 0.2) is 5.11 Å². The Morgan fingerprint density at radius 2 is 2.00 bits per heavy atom. The molecule has 0 aromatic heterocycles. The molecule has 0 radical (unpaired) electrons. The van der Waals surface area contributed by atoms with E-state index in [4.69, 9.17) is 43.5 Å². The Labute approximate surface area is 118 Å². The van der Waals surface area contributed by atoms with Crippen LogP contribution in [0.2, 0.25) is 6.04 Å². The van der Waals surface area contributed by atoms with Crippen LogP contribution in [0.4, 0.5) is 0 Å². The first kappa shape index (κ1) is 17.3. The van der Waals surface area contributed by atoms with Crippen molar-refractivity contribution >= 4 is 51.2 Å². The standard InChI is InChI=1S/C7H10Cl3N3O4Si/c1-16-6(14)5(12-13-11)7(15)17-3-2-4-18(8,9)10/h5H,2-4H2,1H3. The molecular weight excluding hydrogens is 325 g/mol. The van der Waals surface area contributed by atoms with Gasteiger partial charge in [-0.2, -0.15) is 0 Å². The summed E-state index contributed by atoms with van der Waals surface area (Å²) in [6, 6.07) is -4.08. The molecule has 11 heteroatoms. The second-order valence-corrected chi connectivity index (χ2v) is 12.3. The van der Waals surface area contributed by atoms with Crippen LogP contribution in [0.1, 0.15) is 6.42 Å². The molecule has 0 aliphatic carbocycles. The van der Waals surface area contributed by atoms with Crippen LogP contribution in [-0.4, -0.2) is 37.7 Å². The van der Waals surface area contributed by atoms with E-state index >= 15 is 0 Å². The molecule has 0 aromatic carbocycles. The zero-order chi connectivity index (χ0) is 14.2. The Kier molecular flexibility index (Phi) is 8.13. The van der Waals surface area contributed by atoms with Crippen molar-refractivity contribution in [2.24, 2.45) is 5.11 Å². The Balaban J connectivity index is 4.20. The average molecular weight is 335 g/mol. The lowest BCUT2D eigenvalue weighted by Crippen LogP contribution is -2.31. The van der Waals surface area contributed by atoms with Gasteiger partial charge in [0.1, 0.15) is 0 Å². The summed E-state index contributed by atoms with van der Waals surface area (Å²) in [5.74, 6) is -1.99. The summed E-state index contributed by atoms with van der Waals surface area (Å²) in [5.41, 5.74) is 8.20. The van der Waals surface area contributed by atoms with E-state index in [0.717, 1.165) is 7.11 Å². The summed E-state index contributed by atoms with van der Waals surface area (Å²) < 4.78 is 9.00. The van der Waals surface area contributed by atoms with Crippen molar-refractivity contribution in [1.29, 1.82) is 0 Å². The van der Waals surface area contributed by atoms with Crippen LogP contribution in [0.5, 0.6) is 0 Å². The van der Waals surface area contributed by atoms with E-state index in [-0.39, 0.29) is 6.61 Å². The summed E-state index contributed by atoms with van der Waals surface area (Å²) in [4.78, 5) is 24.8. The Morgan fingerprint density at radius 3 is 2.44 bits per heavy atom. The number of methoxy groups -OCH3 is 1. The summed E-state index contributed by atoms with van der Waals surface area (Å²) in [7, 11) is 1.06. The second-order valence-electron chi connectivity index (χ2n) is 3.02. The summed E-state index contributed by atoms with van der Waals surface area (Å²) >= 11 is 16.9. The van der Waals surface area contributed by atoms with Crippen LogP contribution in [0, 0.1) is 0 Å². The fraction of sp³-hybridized carbons (Fsp3) is 0.714. The topological polar surface area (TPSA) is 101 Å². The van der Waals surface area contributed by atoms with Gasteiger partial charge in [-0.3, -0.25) is 9.59 Å². The van der Waals surface area contributed by atoms with E-state index in [1.54, 1.807) is 0 Å². The van der Waals surface area contributed by atoms with E-state index in [0.29, 0.717) is 12.5 Å². The second kappa shape index (κ2) is 8.44. The monoisotopic (exact) mass is 333 g/mol. The first-order valence-electron chi connectivity index (χ1n) is 4.67. The molecule has 102 valence electrons. The van der Waals surface area contributed by atoms with Gasteiger partial charge in [0.05, 0.1) is 13.7 Å². The molecule has 0 aliphatic rings. The zero-order valence-corrected chi connectivity index (χ0v) is 12.6. The molecule has 0 aliphatic heterocycles. The molecule has 18 heavy (non-hydrogen) atoms. The van der Waals surface area contributed by atoms with Crippen molar-refractivity contribution in [1.82, 2.24) is 0 Å². The first-order valence-corrected chi connectivity index (χ1v) is 9.91. The molecule has 1 unspecified atom stereocenters. The molecule has 0 saturated carbocycles. The quantitative estimate of drug-likeness (QED) is 0.104. The number of carbonyl (C=O) groups excluding carboxylic acids is 2. The van der Waals surface area contributed by atoms with Gasteiger partial charge in [-0.1, -0.05) is 5.11 Å². The predicted octanol–water partition coefficient (Wildman–Crippen LogP) is 2.43. The summed E-state index contributed by atoms with van der Waals surface area (Å²) in [6.45, 7) is -0.0335. The van der Waals surface area contributed by atoms with Gasteiger partial charge in [0.2, 0.25) is 6.04 Å². The third-order valence-corrected chi connectivity index (χ3v) is 4.29. The van der Waals surface area contributed by atoms with E-state index < -0.39 is 24.0 Å². The molecule has 0 rings (SSSR count). The van der Waals surface area contributed by atoms with Crippen LogP contribution in [0.25, 0.3) is 10.4 Å². The third-order valence-electron chi connectivity index (χ3n) is 1.66. The third kappa shape index (κ3) is 7.62. The Hall–Kier alpha value is -0.663. The van der Waals surface area contributed by atoms with E-state index in [1.165, 1.54) is 0 Å².